The van der Waals surface area contributed by atoms with Gasteiger partial charge in [-0.2, -0.15) is 0 Å². The monoisotopic (exact) mass is 330 g/mol. The van der Waals surface area contributed by atoms with Gasteiger partial charge < -0.3 is 4.74 Å². The number of halogens is 2. The standard InChI is InChI=1S/C14H20BrFN2O/c1-19-14(6-2-3-7-14)13(18-17)9-10-8-11(16)4-5-12(10)15/h4-5,8,13,18H,2-3,6-7,9,17H2,1H3. The van der Waals surface area contributed by atoms with E-state index in [9.17, 15) is 4.39 Å². The predicted molar refractivity (Wildman–Crippen MR) is 77.1 cm³/mol. The van der Waals surface area contributed by atoms with Gasteiger partial charge in [0.25, 0.3) is 0 Å². The average molecular weight is 331 g/mol. The van der Waals surface area contributed by atoms with Gasteiger partial charge in [0.1, 0.15) is 5.82 Å². The van der Waals surface area contributed by atoms with Crippen LogP contribution in [0.15, 0.2) is 22.7 Å². The molecule has 1 aliphatic rings. The normalized spacial score (nSPS) is 19.6. The van der Waals surface area contributed by atoms with Crippen molar-refractivity contribution in [3.05, 3.63) is 34.1 Å². The van der Waals surface area contributed by atoms with Crippen LogP contribution in [0.4, 0.5) is 4.39 Å². The maximum Gasteiger partial charge on any atom is 0.123 e. The Hall–Kier alpha value is -0.490. The lowest BCUT2D eigenvalue weighted by molar-refractivity contribution is -0.0356. The van der Waals surface area contributed by atoms with E-state index in [4.69, 9.17) is 10.6 Å². The van der Waals surface area contributed by atoms with Crippen LogP contribution < -0.4 is 11.3 Å². The van der Waals surface area contributed by atoms with Gasteiger partial charge in [-0.25, -0.2) is 4.39 Å². The highest BCUT2D eigenvalue weighted by Crippen LogP contribution is 2.37. The van der Waals surface area contributed by atoms with Gasteiger partial charge in [-0.15, -0.1) is 0 Å². The zero-order chi connectivity index (χ0) is 13.9. The first-order valence-electron chi connectivity index (χ1n) is 6.56. The fourth-order valence-corrected chi connectivity index (χ4v) is 3.39. The first-order valence-corrected chi connectivity index (χ1v) is 7.36. The third kappa shape index (κ3) is 3.16. The molecule has 1 aliphatic carbocycles. The van der Waals surface area contributed by atoms with Gasteiger partial charge in [-0.1, -0.05) is 28.8 Å². The first-order chi connectivity index (χ1) is 9.11. The third-order valence-corrected chi connectivity index (χ3v) is 4.90. The Bertz CT molecular complexity index is 435. The second kappa shape index (κ2) is 6.31. The van der Waals surface area contributed by atoms with Crippen LogP contribution in [-0.4, -0.2) is 18.8 Å². The van der Waals surface area contributed by atoms with Crippen LogP contribution in [0.2, 0.25) is 0 Å². The highest BCUT2D eigenvalue weighted by Gasteiger charge is 2.41. The summed E-state index contributed by atoms with van der Waals surface area (Å²) in [5.41, 5.74) is 3.54. The molecule has 0 aromatic heterocycles. The summed E-state index contributed by atoms with van der Waals surface area (Å²) in [6.45, 7) is 0. The summed E-state index contributed by atoms with van der Waals surface area (Å²) in [5.74, 6) is 5.48. The summed E-state index contributed by atoms with van der Waals surface area (Å²) in [6.07, 6.45) is 4.92. The fraction of sp³-hybridized carbons (Fsp3) is 0.571. The minimum Gasteiger partial charge on any atom is -0.377 e. The van der Waals surface area contributed by atoms with Crippen LogP contribution >= 0.6 is 15.9 Å². The molecule has 5 heteroatoms. The molecule has 106 valence electrons. The number of methoxy groups -OCH3 is 1. The van der Waals surface area contributed by atoms with E-state index in [-0.39, 0.29) is 17.5 Å². The van der Waals surface area contributed by atoms with E-state index in [1.807, 2.05) is 0 Å². The van der Waals surface area contributed by atoms with E-state index in [0.717, 1.165) is 35.7 Å². The Balaban J connectivity index is 2.21. The van der Waals surface area contributed by atoms with Gasteiger partial charge in [0.15, 0.2) is 0 Å². The Morgan fingerprint density at radius 1 is 1.47 bits per heavy atom. The fourth-order valence-electron chi connectivity index (χ4n) is 2.98. The van der Waals surface area contributed by atoms with Crippen LogP contribution in [0.1, 0.15) is 31.2 Å². The molecule has 3 N–H and O–H groups in total. The number of hydrogen-bond acceptors (Lipinski definition) is 3. The highest BCUT2D eigenvalue weighted by atomic mass is 79.9. The summed E-state index contributed by atoms with van der Waals surface area (Å²) in [6, 6.07) is 4.71. The molecule has 1 unspecified atom stereocenters. The van der Waals surface area contributed by atoms with Crippen molar-refractivity contribution in [3.8, 4) is 0 Å². The van der Waals surface area contributed by atoms with E-state index in [0.29, 0.717) is 6.42 Å². The number of hydrogen-bond donors (Lipinski definition) is 2. The van der Waals surface area contributed by atoms with Crippen molar-refractivity contribution >= 4 is 15.9 Å². The third-order valence-electron chi connectivity index (χ3n) is 4.12. The first kappa shape index (κ1) is 14.9. The summed E-state index contributed by atoms with van der Waals surface area (Å²) >= 11 is 3.46. The topological polar surface area (TPSA) is 47.3 Å². The molecule has 0 bridgehead atoms. The van der Waals surface area contributed by atoms with E-state index >= 15 is 0 Å². The van der Waals surface area contributed by atoms with Crippen LogP contribution in [0.5, 0.6) is 0 Å². The molecule has 1 aromatic carbocycles. The van der Waals surface area contributed by atoms with Crippen molar-refractivity contribution in [1.29, 1.82) is 0 Å². The molecular formula is C14H20BrFN2O. The SMILES string of the molecule is COC1(C(Cc2cc(F)ccc2Br)NN)CCCC1. The van der Waals surface area contributed by atoms with E-state index in [2.05, 4.69) is 21.4 Å². The smallest absolute Gasteiger partial charge is 0.123 e. The molecule has 2 rings (SSSR count). The molecule has 1 fully saturated rings. The quantitative estimate of drug-likeness (QED) is 0.644. The van der Waals surface area contributed by atoms with Crippen molar-refractivity contribution in [3.63, 3.8) is 0 Å². The number of nitrogens with two attached hydrogens (primary N) is 1. The number of ether oxygens (including phenoxy) is 1. The van der Waals surface area contributed by atoms with Crippen molar-refractivity contribution in [2.24, 2.45) is 5.84 Å². The molecule has 19 heavy (non-hydrogen) atoms. The molecule has 0 heterocycles. The largest absolute Gasteiger partial charge is 0.377 e. The average Bonchev–Trinajstić information content (AvgIpc) is 2.89. The summed E-state index contributed by atoms with van der Waals surface area (Å²) < 4.78 is 20.0. The maximum atomic E-state index is 13.4. The predicted octanol–water partition coefficient (Wildman–Crippen LogP) is 2.92. The lowest BCUT2D eigenvalue weighted by Gasteiger charge is -2.36. The maximum absolute atomic E-state index is 13.4. The van der Waals surface area contributed by atoms with Crippen LogP contribution in [-0.2, 0) is 11.2 Å². The number of hydrazine groups is 1. The van der Waals surface area contributed by atoms with Gasteiger partial charge in [0.2, 0.25) is 0 Å². The number of nitrogens with one attached hydrogen (secondary N) is 1. The molecule has 1 aromatic rings. The molecular weight excluding hydrogens is 311 g/mol. The zero-order valence-corrected chi connectivity index (χ0v) is 12.7. The minimum atomic E-state index is -0.236. The Kier molecular flexibility index (Phi) is 4.95. The molecule has 1 atom stereocenters. The second-order valence-electron chi connectivity index (χ2n) is 5.14. The second-order valence-corrected chi connectivity index (χ2v) is 5.99. The van der Waals surface area contributed by atoms with Gasteiger partial charge in [0.05, 0.1) is 11.6 Å². The molecule has 3 nitrogen and oxygen atoms in total. The molecule has 0 aliphatic heterocycles. The van der Waals surface area contributed by atoms with E-state index < -0.39 is 0 Å². The van der Waals surface area contributed by atoms with E-state index in [1.165, 1.54) is 6.07 Å². The van der Waals surface area contributed by atoms with Gasteiger partial charge in [-0.05, 0) is 43.0 Å². The Labute approximate surface area is 121 Å². The van der Waals surface area contributed by atoms with Crippen molar-refractivity contribution < 1.29 is 9.13 Å². The molecule has 0 amide bonds. The summed E-state index contributed by atoms with van der Waals surface area (Å²) in [4.78, 5) is 0. The van der Waals surface area contributed by atoms with Crippen LogP contribution in [0.25, 0.3) is 0 Å². The van der Waals surface area contributed by atoms with Crippen LogP contribution in [0.3, 0.4) is 0 Å². The van der Waals surface area contributed by atoms with Crippen LogP contribution in [0, 0.1) is 5.82 Å². The molecule has 0 spiro atoms. The lowest BCUT2D eigenvalue weighted by Crippen LogP contribution is -2.54. The summed E-state index contributed by atoms with van der Waals surface area (Å²) in [5, 5.41) is 0. The van der Waals surface area contributed by atoms with Crippen molar-refractivity contribution in [1.82, 2.24) is 5.43 Å². The number of benzene rings is 1. The Morgan fingerprint density at radius 2 is 2.16 bits per heavy atom. The summed E-state index contributed by atoms with van der Waals surface area (Å²) in [7, 11) is 1.73. The molecule has 0 radical (unpaired) electrons. The van der Waals surface area contributed by atoms with Crippen molar-refractivity contribution in [2.45, 2.75) is 43.7 Å². The van der Waals surface area contributed by atoms with Crippen molar-refractivity contribution in [2.75, 3.05) is 7.11 Å². The van der Waals surface area contributed by atoms with Gasteiger partial charge >= 0.3 is 0 Å². The van der Waals surface area contributed by atoms with E-state index in [1.54, 1.807) is 19.2 Å². The zero-order valence-electron chi connectivity index (χ0n) is 11.1. The molecule has 0 saturated heterocycles. The highest BCUT2D eigenvalue weighted by molar-refractivity contribution is 9.10. The Morgan fingerprint density at radius 3 is 2.74 bits per heavy atom. The number of rotatable bonds is 5. The van der Waals surface area contributed by atoms with Gasteiger partial charge in [0, 0.05) is 11.6 Å². The minimum absolute atomic E-state index is 0.0156. The van der Waals surface area contributed by atoms with Gasteiger partial charge in [-0.3, -0.25) is 11.3 Å². The lowest BCUT2D eigenvalue weighted by atomic mass is 9.87. The molecule has 1 saturated carbocycles.